The van der Waals surface area contributed by atoms with Crippen LogP contribution in [0.2, 0.25) is 0 Å². The van der Waals surface area contributed by atoms with Crippen molar-refractivity contribution in [3.05, 3.63) is 59.5 Å². The molecule has 0 aliphatic rings. The van der Waals surface area contributed by atoms with Gasteiger partial charge >= 0.3 is 0 Å². The van der Waals surface area contributed by atoms with Crippen molar-refractivity contribution in [2.75, 3.05) is 11.9 Å². The molecule has 6 heteroatoms. The molecular weight excluding hydrogens is 318 g/mol. The second kappa shape index (κ2) is 6.41. The van der Waals surface area contributed by atoms with Crippen LogP contribution >= 0.6 is 11.3 Å². The molecule has 0 radical (unpaired) electrons. The van der Waals surface area contributed by atoms with Crippen LogP contribution in [0.25, 0.3) is 21.6 Å². The molecule has 1 aromatic carbocycles. The van der Waals surface area contributed by atoms with E-state index in [-0.39, 0.29) is 0 Å². The highest BCUT2D eigenvalue weighted by Crippen LogP contribution is 2.25. The van der Waals surface area contributed by atoms with Gasteiger partial charge in [0.15, 0.2) is 0 Å². The molecule has 4 rings (SSSR count). The quantitative estimate of drug-likeness (QED) is 0.577. The predicted molar refractivity (Wildman–Crippen MR) is 98.4 cm³/mol. The highest BCUT2D eigenvalue weighted by molar-refractivity contribution is 7.13. The second-order valence-corrected chi connectivity index (χ2v) is 6.48. The number of aryl methyl sites for hydroxylation is 1. The molecule has 0 fully saturated rings. The molecule has 24 heavy (non-hydrogen) atoms. The highest BCUT2D eigenvalue weighted by atomic mass is 32.1. The first kappa shape index (κ1) is 14.8. The lowest BCUT2D eigenvalue weighted by Crippen LogP contribution is -2.09. The van der Waals surface area contributed by atoms with Crippen molar-refractivity contribution in [2.45, 2.75) is 13.3 Å². The summed E-state index contributed by atoms with van der Waals surface area (Å²) in [4.78, 5) is 18.1. The lowest BCUT2D eigenvalue weighted by Gasteiger charge is -2.09. The van der Waals surface area contributed by atoms with Gasteiger partial charge in [0, 0.05) is 18.7 Å². The van der Waals surface area contributed by atoms with Gasteiger partial charge in [-0.3, -0.25) is 0 Å². The number of thiophene rings is 1. The van der Waals surface area contributed by atoms with Crippen LogP contribution in [0.3, 0.4) is 0 Å². The standard InChI is InChI=1S/C18H17N5S/c1-12-18(23-14-6-3-2-5-13(14)22-12)19-9-8-15-17(21-11-20-15)16-7-4-10-24-16/h2-7,10-11H,8-9H2,1H3,(H,19,23)(H,20,21). The van der Waals surface area contributed by atoms with Crippen LogP contribution in [0.15, 0.2) is 48.1 Å². The fourth-order valence-corrected chi connectivity index (χ4v) is 3.45. The summed E-state index contributed by atoms with van der Waals surface area (Å²) in [6.45, 7) is 2.75. The Bertz CT molecular complexity index is 959. The van der Waals surface area contributed by atoms with E-state index in [1.165, 1.54) is 4.88 Å². The monoisotopic (exact) mass is 335 g/mol. The molecule has 0 atom stereocenters. The molecule has 120 valence electrons. The van der Waals surface area contributed by atoms with Crippen molar-refractivity contribution < 1.29 is 0 Å². The van der Waals surface area contributed by atoms with Crippen molar-refractivity contribution >= 4 is 28.2 Å². The average Bonchev–Trinajstić information content (AvgIpc) is 3.26. The number of benzene rings is 1. The maximum absolute atomic E-state index is 4.67. The molecule has 4 aromatic rings. The number of rotatable bonds is 5. The van der Waals surface area contributed by atoms with E-state index in [0.717, 1.165) is 46.9 Å². The fourth-order valence-electron chi connectivity index (χ4n) is 2.70. The Balaban J connectivity index is 1.49. The summed E-state index contributed by atoms with van der Waals surface area (Å²) in [6, 6.07) is 12.1. The van der Waals surface area contributed by atoms with Gasteiger partial charge in [-0.25, -0.2) is 15.0 Å². The van der Waals surface area contributed by atoms with Gasteiger partial charge in [0.25, 0.3) is 0 Å². The van der Waals surface area contributed by atoms with Crippen LogP contribution in [-0.2, 0) is 6.42 Å². The number of anilines is 1. The summed E-state index contributed by atoms with van der Waals surface area (Å²) in [5.41, 5.74) is 4.92. The SMILES string of the molecule is Cc1nc2ccccc2nc1NCCc1[nH]cnc1-c1cccs1. The first-order valence-corrected chi connectivity index (χ1v) is 8.72. The third-order valence-electron chi connectivity index (χ3n) is 3.89. The van der Waals surface area contributed by atoms with Gasteiger partial charge < -0.3 is 10.3 Å². The third-order valence-corrected chi connectivity index (χ3v) is 4.76. The molecule has 0 saturated carbocycles. The summed E-state index contributed by atoms with van der Waals surface area (Å²) < 4.78 is 0. The number of hydrogen-bond donors (Lipinski definition) is 2. The number of nitrogens with one attached hydrogen (secondary N) is 2. The molecule has 2 N–H and O–H groups in total. The van der Waals surface area contributed by atoms with Crippen LogP contribution in [0.5, 0.6) is 0 Å². The average molecular weight is 335 g/mol. The molecular formula is C18H17N5S. The third kappa shape index (κ3) is 2.88. The van der Waals surface area contributed by atoms with E-state index >= 15 is 0 Å². The molecule has 0 bridgehead atoms. The van der Waals surface area contributed by atoms with E-state index < -0.39 is 0 Å². The Morgan fingerprint density at radius 3 is 2.71 bits per heavy atom. The fraction of sp³-hybridized carbons (Fsp3) is 0.167. The van der Waals surface area contributed by atoms with Gasteiger partial charge in [-0.15, -0.1) is 11.3 Å². The maximum Gasteiger partial charge on any atom is 0.148 e. The highest BCUT2D eigenvalue weighted by Gasteiger charge is 2.10. The van der Waals surface area contributed by atoms with E-state index in [4.69, 9.17) is 0 Å². The lowest BCUT2D eigenvalue weighted by molar-refractivity contribution is 0.964. The normalized spacial score (nSPS) is 11.0. The van der Waals surface area contributed by atoms with Gasteiger partial charge in [0.1, 0.15) is 11.5 Å². The maximum atomic E-state index is 4.67. The molecule has 5 nitrogen and oxygen atoms in total. The van der Waals surface area contributed by atoms with Crippen molar-refractivity contribution in [3.63, 3.8) is 0 Å². The Hall–Kier alpha value is -2.73. The van der Waals surface area contributed by atoms with Crippen molar-refractivity contribution in [1.82, 2.24) is 19.9 Å². The Kier molecular flexibility index (Phi) is 3.96. The van der Waals surface area contributed by atoms with Crippen LogP contribution in [-0.4, -0.2) is 26.5 Å². The Morgan fingerprint density at radius 1 is 1.08 bits per heavy atom. The zero-order valence-corrected chi connectivity index (χ0v) is 14.1. The van der Waals surface area contributed by atoms with E-state index in [1.54, 1.807) is 17.7 Å². The van der Waals surface area contributed by atoms with E-state index in [9.17, 15) is 0 Å². The first-order chi connectivity index (χ1) is 11.8. The van der Waals surface area contributed by atoms with Crippen LogP contribution < -0.4 is 5.32 Å². The Labute approximate surface area is 143 Å². The second-order valence-electron chi connectivity index (χ2n) is 5.53. The van der Waals surface area contributed by atoms with E-state index in [0.29, 0.717) is 0 Å². The molecule has 0 aliphatic heterocycles. The lowest BCUT2D eigenvalue weighted by atomic mass is 10.2. The minimum atomic E-state index is 0.772. The molecule has 0 amide bonds. The number of fused-ring (bicyclic) bond motifs is 1. The number of hydrogen-bond acceptors (Lipinski definition) is 5. The molecule has 0 saturated heterocycles. The summed E-state index contributed by atoms with van der Waals surface area (Å²) >= 11 is 1.70. The van der Waals surface area contributed by atoms with E-state index in [1.807, 2.05) is 37.3 Å². The van der Waals surface area contributed by atoms with Gasteiger partial charge in [-0.05, 0) is 30.5 Å². The predicted octanol–water partition coefficient (Wildman–Crippen LogP) is 4.04. The van der Waals surface area contributed by atoms with Gasteiger partial charge in [0.05, 0.1) is 27.9 Å². The molecule has 0 spiro atoms. The Morgan fingerprint density at radius 2 is 1.92 bits per heavy atom. The smallest absolute Gasteiger partial charge is 0.148 e. The van der Waals surface area contributed by atoms with Crippen molar-refractivity contribution in [1.29, 1.82) is 0 Å². The van der Waals surface area contributed by atoms with Crippen LogP contribution in [0.4, 0.5) is 5.82 Å². The molecule has 3 heterocycles. The van der Waals surface area contributed by atoms with Crippen LogP contribution in [0, 0.1) is 6.92 Å². The summed E-state index contributed by atoms with van der Waals surface area (Å²) in [7, 11) is 0. The van der Waals surface area contributed by atoms with Crippen LogP contribution in [0.1, 0.15) is 11.4 Å². The van der Waals surface area contributed by atoms with Gasteiger partial charge in [-0.1, -0.05) is 18.2 Å². The minimum Gasteiger partial charge on any atom is -0.368 e. The van der Waals surface area contributed by atoms with Crippen molar-refractivity contribution in [3.8, 4) is 10.6 Å². The number of aromatic amines is 1. The molecule has 0 aliphatic carbocycles. The summed E-state index contributed by atoms with van der Waals surface area (Å²) in [5, 5.41) is 5.47. The minimum absolute atomic E-state index is 0.772. The van der Waals surface area contributed by atoms with Gasteiger partial charge in [-0.2, -0.15) is 0 Å². The van der Waals surface area contributed by atoms with Gasteiger partial charge in [0.2, 0.25) is 0 Å². The largest absolute Gasteiger partial charge is 0.368 e. The number of para-hydroxylation sites is 2. The topological polar surface area (TPSA) is 66.5 Å². The molecule has 0 unspecified atom stereocenters. The first-order valence-electron chi connectivity index (χ1n) is 7.84. The number of H-pyrrole nitrogens is 1. The van der Waals surface area contributed by atoms with Crippen molar-refractivity contribution in [2.24, 2.45) is 0 Å². The number of aromatic nitrogens is 4. The zero-order chi connectivity index (χ0) is 16.4. The zero-order valence-electron chi connectivity index (χ0n) is 13.3. The summed E-state index contributed by atoms with van der Waals surface area (Å²) in [5.74, 6) is 0.839. The molecule has 3 aromatic heterocycles. The van der Waals surface area contributed by atoms with E-state index in [2.05, 4.69) is 36.7 Å². The number of nitrogens with zero attached hydrogens (tertiary/aromatic N) is 3. The summed E-state index contributed by atoms with van der Waals surface area (Å²) in [6.07, 6.45) is 2.60. The number of imidazole rings is 1.